The number of anilines is 1. The lowest BCUT2D eigenvalue weighted by molar-refractivity contribution is 0.0988. The summed E-state index contributed by atoms with van der Waals surface area (Å²) >= 11 is 3.36. The number of halogens is 1. The molecule has 0 aliphatic rings. The Morgan fingerprint density at radius 2 is 1.88 bits per heavy atom. The highest BCUT2D eigenvalue weighted by atomic mass is 79.9. The van der Waals surface area contributed by atoms with E-state index in [9.17, 15) is 4.79 Å². The van der Waals surface area contributed by atoms with E-state index in [1.54, 1.807) is 36.3 Å². The molecule has 0 fully saturated rings. The Kier molecular flexibility index (Phi) is 3.54. The van der Waals surface area contributed by atoms with Crippen LogP contribution < -0.4 is 4.90 Å². The van der Waals surface area contributed by atoms with Crippen molar-refractivity contribution in [1.29, 1.82) is 0 Å². The minimum absolute atomic E-state index is 0.118. The van der Waals surface area contributed by atoms with Crippen LogP contribution in [-0.2, 0) is 0 Å². The van der Waals surface area contributed by atoms with E-state index in [0.29, 0.717) is 5.69 Å². The SMILES string of the molecule is CN(C(=O)c1ccccn1)c1ccc(Br)cc1. The molecule has 1 heterocycles. The number of aromatic nitrogens is 1. The number of hydrogen-bond donors (Lipinski definition) is 0. The Bertz CT molecular complexity index is 511. The van der Waals surface area contributed by atoms with Gasteiger partial charge in [-0.05, 0) is 36.4 Å². The van der Waals surface area contributed by atoms with E-state index < -0.39 is 0 Å². The van der Waals surface area contributed by atoms with E-state index in [1.165, 1.54) is 0 Å². The molecule has 1 aromatic carbocycles. The van der Waals surface area contributed by atoms with Crippen LogP contribution in [0.3, 0.4) is 0 Å². The van der Waals surface area contributed by atoms with Gasteiger partial charge in [-0.1, -0.05) is 22.0 Å². The lowest BCUT2D eigenvalue weighted by Gasteiger charge is -2.16. The molecule has 0 saturated carbocycles. The molecule has 2 aromatic rings. The van der Waals surface area contributed by atoms with Crippen molar-refractivity contribution in [2.75, 3.05) is 11.9 Å². The average Bonchev–Trinajstić information content (AvgIpc) is 2.39. The van der Waals surface area contributed by atoms with E-state index in [4.69, 9.17) is 0 Å². The molecule has 0 N–H and O–H groups in total. The van der Waals surface area contributed by atoms with Crippen molar-refractivity contribution in [1.82, 2.24) is 4.98 Å². The van der Waals surface area contributed by atoms with Crippen LogP contribution in [-0.4, -0.2) is 17.9 Å². The standard InChI is InChI=1S/C13H11BrN2O/c1-16(11-7-5-10(14)6-8-11)13(17)12-4-2-3-9-15-12/h2-9H,1H3. The molecule has 86 valence electrons. The van der Waals surface area contributed by atoms with Gasteiger partial charge in [0.25, 0.3) is 5.91 Å². The summed E-state index contributed by atoms with van der Waals surface area (Å²) in [6.07, 6.45) is 1.61. The molecular weight excluding hydrogens is 280 g/mol. The van der Waals surface area contributed by atoms with Crippen LogP contribution in [0.15, 0.2) is 53.1 Å². The molecule has 1 aromatic heterocycles. The molecule has 0 aliphatic carbocycles. The van der Waals surface area contributed by atoms with Gasteiger partial charge in [-0.15, -0.1) is 0 Å². The molecule has 0 bridgehead atoms. The summed E-state index contributed by atoms with van der Waals surface area (Å²) in [6.45, 7) is 0. The van der Waals surface area contributed by atoms with Crippen LogP contribution in [0.5, 0.6) is 0 Å². The number of carbonyl (C=O) groups excluding carboxylic acids is 1. The number of carbonyl (C=O) groups is 1. The molecule has 0 aliphatic heterocycles. The first-order valence-corrected chi connectivity index (χ1v) is 5.92. The average molecular weight is 291 g/mol. The third-order valence-corrected chi connectivity index (χ3v) is 2.93. The molecule has 17 heavy (non-hydrogen) atoms. The zero-order valence-electron chi connectivity index (χ0n) is 9.30. The van der Waals surface area contributed by atoms with Gasteiger partial charge in [0.2, 0.25) is 0 Å². The van der Waals surface area contributed by atoms with Crippen LogP contribution in [0.25, 0.3) is 0 Å². The van der Waals surface area contributed by atoms with Gasteiger partial charge < -0.3 is 4.90 Å². The first-order valence-electron chi connectivity index (χ1n) is 5.13. The van der Waals surface area contributed by atoms with Gasteiger partial charge in [-0.2, -0.15) is 0 Å². The normalized spacial score (nSPS) is 10.0. The highest BCUT2D eigenvalue weighted by Crippen LogP contribution is 2.18. The van der Waals surface area contributed by atoms with Crippen molar-refractivity contribution in [2.45, 2.75) is 0 Å². The second-order valence-corrected chi connectivity index (χ2v) is 4.47. The lowest BCUT2D eigenvalue weighted by atomic mass is 10.2. The van der Waals surface area contributed by atoms with Gasteiger partial charge >= 0.3 is 0 Å². The topological polar surface area (TPSA) is 33.2 Å². The molecule has 3 nitrogen and oxygen atoms in total. The number of benzene rings is 1. The fraction of sp³-hybridized carbons (Fsp3) is 0.0769. The number of hydrogen-bond acceptors (Lipinski definition) is 2. The summed E-state index contributed by atoms with van der Waals surface area (Å²) in [4.78, 5) is 17.7. The van der Waals surface area contributed by atoms with Crippen LogP contribution >= 0.6 is 15.9 Å². The zero-order valence-corrected chi connectivity index (χ0v) is 10.9. The van der Waals surface area contributed by atoms with Gasteiger partial charge in [0.1, 0.15) is 5.69 Å². The van der Waals surface area contributed by atoms with Crippen LogP contribution in [0.2, 0.25) is 0 Å². The second kappa shape index (κ2) is 5.10. The molecule has 0 spiro atoms. The van der Waals surface area contributed by atoms with Crippen molar-refractivity contribution in [3.05, 3.63) is 58.8 Å². The first kappa shape index (κ1) is 11.8. The van der Waals surface area contributed by atoms with E-state index in [-0.39, 0.29) is 5.91 Å². The Balaban J connectivity index is 2.23. The van der Waals surface area contributed by atoms with Crippen LogP contribution in [0, 0.1) is 0 Å². The summed E-state index contributed by atoms with van der Waals surface area (Å²) in [7, 11) is 1.74. The van der Waals surface area contributed by atoms with Crippen molar-refractivity contribution in [3.8, 4) is 0 Å². The smallest absolute Gasteiger partial charge is 0.276 e. The molecule has 2 rings (SSSR count). The monoisotopic (exact) mass is 290 g/mol. The first-order chi connectivity index (χ1) is 8.18. The molecule has 0 saturated heterocycles. The summed E-state index contributed by atoms with van der Waals surface area (Å²) in [6, 6.07) is 12.9. The summed E-state index contributed by atoms with van der Waals surface area (Å²) in [5.41, 5.74) is 1.28. The Labute approximate surface area is 108 Å². The molecular formula is C13H11BrN2O. The van der Waals surface area contributed by atoms with Gasteiger partial charge in [0, 0.05) is 23.4 Å². The lowest BCUT2D eigenvalue weighted by Crippen LogP contribution is -2.26. The summed E-state index contributed by atoms with van der Waals surface area (Å²) < 4.78 is 0.986. The van der Waals surface area contributed by atoms with E-state index in [0.717, 1.165) is 10.2 Å². The Morgan fingerprint density at radius 3 is 2.47 bits per heavy atom. The molecule has 0 radical (unpaired) electrons. The number of rotatable bonds is 2. The Morgan fingerprint density at radius 1 is 1.18 bits per heavy atom. The maximum Gasteiger partial charge on any atom is 0.276 e. The predicted octanol–water partition coefficient (Wildman–Crippen LogP) is 3.12. The van der Waals surface area contributed by atoms with Gasteiger partial charge in [0.15, 0.2) is 0 Å². The maximum absolute atomic E-state index is 12.1. The third kappa shape index (κ3) is 2.71. The van der Waals surface area contributed by atoms with Crippen LogP contribution in [0.1, 0.15) is 10.5 Å². The van der Waals surface area contributed by atoms with Crippen molar-refractivity contribution in [3.63, 3.8) is 0 Å². The minimum atomic E-state index is -0.118. The maximum atomic E-state index is 12.1. The fourth-order valence-electron chi connectivity index (χ4n) is 1.44. The molecule has 4 heteroatoms. The molecule has 1 amide bonds. The number of nitrogens with zero attached hydrogens (tertiary/aromatic N) is 2. The molecule has 0 unspecified atom stereocenters. The fourth-order valence-corrected chi connectivity index (χ4v) is 1.71. The quantitative estimate of drug-likeness (QED) is 0.851. The largest absolute Gasteiger partial charge is 0.310 e. The summed E-state index contributed by atoms with van der Waals surface area (Å²) in [5.74, 6) is -0.118. The third-order valence-electron chi connectivity index (χ3n) is 2.40. The van der Waals surface area contributed by atoms with Crippen LogP contribution in [0.4, 0.5) is 5.69 Å². The molecule has 0 atom stereocenters. The highest BCUT2D eigenvalue weighted by molar-refractivity contribution is 9.10. The van der Waals surface area contributed by atoms with E-state index >= 15 is 0 Å². The van der Waals surface area contributed by atoms with Gasteiger partial charge in [-0.25, -0.2) is 0 Å². The van der Waals surface area contributed by atoms with Gasteiger partial charge in [0.05, 0.1) is 0 Å². The Hall–Kier alpha value is -1.68. The number of pyridine rings is 1. The van der Waals surface area contributed by atoms with Gasteiger partial charge in [-0.3, -0.25) is 9.78 Å². The summed E-state index contributed by atoms with van der Waals surface area (Å²) in [5, 5.41) is 0. The van der Waals surface area contributed by atoms with Crippen molar-refractivity contribution in [2.24, 2.45) is 0 Å². The highest BCUT2D eigenvalue weighted by Gasteiger charge is 2.13. The number of amides is 1. The predicted molar refractivity (Wildman–Crippen MR) is 71.1 cm³/mol. The zero-order chi connectivity index (χ0) is 12.3. The van der Waals surface area contributed by atoms with E-state index in [1.807, 2.05) is 24.3 Å². The van der Waals surface area contributed by atoms with Crippen molar-refractivity contribution < 1.29 is 4.79 Å². The minimum Gasteiger partial charge on any atom is -0.310 e. The van der Waals surface area contributed by atoms with E-state index in [2.05, 4.69) is 20.9 Å². The second-order valence-electron chi connectivity index (χ2n) is 3.56. The van der Waals surface area contributed by atoms with Crippen molar-refractivity contribution >= 4 is 27.5 Å².